The Labute approximate surface area is 85.0 Å². The van der Waals surface area contributed by atoms with Crippen LogP contribution in [0.3, 0.4) is 0 Å². The van der Waals surface area contributed by atoms with E-state index in [1.807, 2.05) is 0 Å². The smallest absolute Gasteiger partial charge is 0.371 e. The number of epoxide rings is 1. The molecule has 0 aromatic carbocycles. The average molecular weight is 244 g/mol. The van der Waals surface area contributed by atoms with Crippen LogP contribution in [0, 0.1) is 0 Å². The minimum absolute atomic E-state index is 0.0562. The normalized spacial score (nSPS) is 20.2. The molecule has 0 aliphatic carbocycles. The lowest BCUT2D eigenvalue weighted by molar-refractivity contribution is 0.0704. The van der Waals surface area contributed by atoms with Crippen molar-refractivity contribution in [1.29, 1.82) is 0 Å². The van der Waals surface area contributed by atoms with Gasteiger partial charge in [0.25, 0.3) is 0 Å². The number of hydrazone groups is 1. The molecule has 1 saturated heterocycles. The molecule has 1 rings (SSSR count). The van der Waals surface area contributed by atoms with Crippen LogP contribution < -0.4 is 17.1 Å². The summed E-state index contributed by atoms with van der Waals surface area (Å²) in [5, 5.41) is 3.12. The SMILES string of the molecule is NN=C(N)NOCC1CO1.O=P(O)(O)O. The van der Waals surface area contributed by atoms with Crippen molar-refractivity contribution >= 4 is 13.8 Å². The number of guanidine groups is 1. The highest BCUT2D eigenvalue weighted by atomic mass is 31.2. The molecule has 90 valence electrons. The van der Waals surface area contributed by atoms with E-state index in [1.165, 1.54) is 0 Å². The van der Waals surface area contributed by atoms with Crippen molar-refractivity contribution in [2.75, 3.05) is 13.2 Å². The third-order valence-electron chi connectivity index (χ3n) is 0.987. The van der Waals surface area contributed by atoms with E-state index in [0.717, 1.165) is 6.61 Å². The highest BCUT2D eigenvalue weighted by Gasteiger charge is 2.22. The molecule has 1 aliphatic heterocycles. The Hall–Kier alpha value is -0.900. The second-order valence-electron chi connectivity index (χ2n) is 2.40. The molecular weight excluding hydrogens is 231 g/mol. The summed E-state index contributed by atoms with van der Waals surface area (Å²) in [6.45, 7) is 1.22. The average Bonchev–Trinajstić information content (AvgIpc) is 2.85. The summed E-state index contributed by atoms with van der Waals surface area (Å²) in [6.07, 6.45) is 0.207. The van der Waals surface area contributed by atoms with Gasteiger partial charge in [-0.2, -0.15) is 0 Å². The minimum Gasteiger partial charge on any atom is -0.371 e. The molecule has 0 spiro atoms. The molecule has 0 bridgehead atoms. The fourth-order valence-electron chi connectivity index (χ4n) is 0.399. The van der Waals surface area contributed by atoms with Crippen molar-refractivity contribution in [3.8, 4) is 0 Å². The molecule has 0 aromatic heterocycles. The number of hydrogen-bond donors (Lipinski definition) is 6. The molecule has 1 aliphatic rings. The van der Waals surface area contributed by atoms with E-state index in [9.17, 15) is 0 Å². The number of ether oxygens (including phenoxy) is 1. The molecule has 15 heavy (non-hydrogen) atoms. The zero-order chi connectivity index (χ0) is 11.9. The fourth-order valence-corrected chi connectivity index (χ4v) is 0.399. The van der Waals surface area contributed by atoms with Gasteiger partial charge in [0.2, 0.25) is 5.96 Å². The van der Waals surface area contributed by atoms with Gasteiger partial charge in [0, 0.05) is 0 Å². The van der Waals surface area contributed by atoms with E-state index < -0.39 is 7.82 Å². The van der Waals surface area contributed by atoms with Gasteiger partial charge in [-0.3, -0.25) is 4.84 Å². The molecule has 1 unspecified atom stereocenters. The predicted molar refractivity (Wildman–Crippen MR) is 48.9 cm³/mol. The molecule has 8 N–H and O–H groups in total. The number of hydroxylamine groups is 1. The molecular formula is C4H13N4O6P. The van der Waals surface area contributed by atoms with Gasteiger partial charge in [0.15, 0.2) is 0 Å². The summed E-state index contributed by atoms with van der Waals surface area (Å²) in [6, 6.07) is 0. The van der Waals surface area contributed by atoms with Gasteiger partial charge in [-0.25, -0.2) is 10.0 Å². The number of rotatable bonds is 3. The van der Waals surface area contributed by atoms with Crippen LogP contribution in [-0.4, -0.2) is 40.0 Å². The zero-order valence-electron chi connectivity index (χ0n) is 7.61. The van der Waals surface area contributed by atoms with E-state index in [1.54, 1.807) is 0 Å². The summed E-state index contributed by atoms with van der Waals surface area (Å²) in [5.74, 6) is 4.85. The monoisotopic (exact) mass is 244 g/mol. The van der Waals surface area contributed by atoms with E-state index in [0.29, 0.717) is 6.61 Å². The van der Waals surface area contributed by atoms with Crippen LogP contribution >= 0.6 is 7.82 Å². The van der Waals surface area contributed by atoms with E-state index in [-0.39, 0.29) is 12.1 Å². The number of nitrogens with one attached hydrogen (secondary N) is 1. The first kappa shape index (κ1) is 14.1. The van der Waals surface area contributed by atoms with Crippen LogP contribution in [0.1, 0.15) is 0 Å². The fraction of sp³-hybridized carbons (Fsp3) is 0.750. The first-order chi connectivity index (χ1) is 6.83. The van der Waals surface area contributed by atoms with Crippen LogP contribution in [0.4, 0.5) is 0 Å². The van der Waals surface area contributed by atoms with Crippen LogP contribution in [-0.2, 0) is 14.1 Å². The maximum Gasteiger partial charge on any atom is 0.466 e. The highest BCUT2D eigenvalue weighted by molar-refractivity contribution is 7.45. The van der Waals surface area contributed by atoms with Gasteiger partial charge in [-0.1, -0.05) is 0 Å². The zero-order valence-corrected chi connectivity index (χ0v) is 8.50. The van der Waals surface area contributed by atoms with Crippen molar-refractivity contribution in [2.24, 2.45) is 16.7 Å². The Morgan fingerprint density at radius 2 is 2.13 bits per heavy atom. The molecule has 1 heterocycles. The summed E-state index contributed by atoms with van der Waals surface area (Å²) in [4.78, 5) is 26.4. The molecule has 0 aromatic rings. The molecule has 1 fully saturated rings. The van der Waals surface area contributed by atoms with E-state index in [4.69, 9.17) is 40.4 Å². The Morgan fingerprint density at radius 1 is 1.67 bits per heavy atom. The first-order valence-corrected chi connectivity index (χ1v) is 5.20. The van der Waals surface area contributed by atoms with E-state index >= 15 is 0 Å². The molecule has 1 atom stereocenters. The Morgan fingerprint density at radius 3 is 2.47 bits per heavy atom. The van der Waals surface area contributed by atoms with Gasteiger partial charge in [0.1, 0.15) is 12.7 Å². The second-order valence-corrected chi connectivity index (χ2v) is 3.42. The lowest BCUT2D eigenvalue weighted by Crippen LogP contribution is -2.33. The second kappa shape index (κ2) is 6.56. The third kappa shape index (κ3) is 15.8. The molecule has 0 radical (unpaired) electrons. The lowest BCUT2D eigenvalue weighted by Gasteiger charge is -2.01. The van der Waals surface area contributed by atoms with Gasteiger partial charge < -0.3 is 31.0 Å². The maximum atomic E-state index is 8.88. The maximum absolute atomic E-state index is 8.88. The van der Waals surface area contributed by atoms with Crippen molar-refractivity contribution in [3.63, 3.8) is 0 Å². The van der Waals surface area contributed by atoms with Crippen molar-refractivity contribution in [1.82, 2.24) is 5.48 Å². The highest BCUT2D eigenvalue weighted by Crippen LogP contribution is 2.25. The lowest BCUT2D eigenvalue weighted by atomic mass is 10.5. The minimum atomic E-state index is -4.64. The quantitative estimate of drug-likeness (QED) is 0.0762. The van der Waals surface area contributed by atoms with Gasteiger partial charge in [-0.05, 0) is 0 Å². The number of nitrogens with two attached hydrogens (primary N) is 2. The van der Waals surface area contributed by atoms with Crippen LogP contribution in [0.2, 0.25) is 0 Å². The van der Waals surface area contributed by atoms with Crippen LogP contribution in [0.15, 0.2) is 5.10 Å². The molecule has 10 nitrogen and oxygen atoms in total. The summed E-state index contributed by atoms with van der Waals surface area (Å²) < 4.78 is 13.7. The van der Waals surface area contributed by atoms with Crippen LogP contribution in [0.5, 0.6) is 0 Å². The standard InChI is InChI=1S/C4H10N4O2.H3O4P/c5-4(7-6)8-10-2-3-1-9-3;1-5(2,3)4/h3H,1-2,6H2,(H3,5,7,8);(H3,1,2,3,4). The Balaban J connectivity index is 0.000000336. The van der Waals surface area contributed by atoms with Gasteiger partial charge in [-0.15, -0.1) is 5.10 Å². The van der Waals surface area contributed by atoms with Gasteiger partial charge in [0.05, 0.1) is 6.61 Å². The Kier molecular flexibility index (Phi) is 6.17. The molecule has 0 saturated carbocycles. The largest absolute Gasteiger partial charge is 0.466 e. The Bertz CT molecular complexity index is 241. The molecule has 11 heteroatoms. The summed E-state index contributed by atoms with van der Waals surface area (Å²) in [5.41, 5.74) is 7.45. The van der Waals surface area contributed by atoms with E-state index in [2.05, 4.69) is 10.6 Å². The first-order valence-electron chi connectivity index (χ1n) is 3.64. The van der Waals surface area contributed by atoms with Crippen LogP contribution in [0.25, 0.3) is 0 Å². The number of phosphoric acid groups is 1. The topological polar surface area (TPSA) is 176 Å². The number of hydrogen-bond acceptors (Lipinski definition) is 5. The summed E-state index contributed by atoms with van der Waals surface area (Å²) >= 11 is 0. The summed E-state index contributed by atoms with van der Waals surface area (Å²) in [7, 11) is -4.64. The van der Waals surface area contributed by atoms with Gasteiger partial charge >= 0.3 is 7.82 Å². The van der Waals surface area contributed by atoms with Crippen molar-refractivity contribution < 1.29 is 28.8 Å². The van der Waals surface area contributed by atoms with Crippen molar-refractivity contribution in [2.45, 2.75) is 6.10 Å². The number of nitrogens with zero attached hydrogens (tertiary/aromatic N) is 1. The molecule has 0 amide bonds. The third-order valence-corrected chi connectivity index (χ3v) is 0.987. The predicted octanol–water partition coefficient (Wildman–Crippen LogP) is -2.83. The van der Waals surface area contributed by atoms with Crippen molar-refractivity contribution in [3.05, 3.63) is 0 Å².